The number of likely N-dealkylation sites (N-methyl/N-ethyl adjacent to an activating group) is 1. The Labute approximate surface area is 128 Å². The molecule has 0 saturated carbocycles. The number of ether oxygens (including phenoxy) is 1. The first-order valence-corrected chi connectivity index (χ1v) is 6.74. The topological polar surface area (TPSA) is 53.3 Å². The van der Waals surface area contributed by atoms with E-state index in [1.165, 1.54) is 29.2 Å². The summed E-state index contributed by atoms with van der Waals surface area (Å²) in [4.78, 5) is 13.7. The minimum Gasteiger partial charge on any atom is -0.492 e. The van der Waals surface area contributed by atoms with Crippen molar-refractivity contribution < 1.29 is 13.9 Å². The molecule has 4 nitrogen and oxygen atoms in total. The zero-order valence-electron chi connectivity index (χ0n) is 12.1. The molecule has 0 unspecified atom stereocenters. The molecule has 0 spiro atoms. The van der Waals surface area contributed by atoms with Gasteiger partial charge in [0.25, 0.3) is 5.91 Å². The second-order valence-electron chi connectivity index (χ2n) is 4.72. The number of nitriles is 1. The van der Waals surface area contributed by atoms with Crippen LogP contribution in [-0.4, -0.2) is 31.0 Å². The lowest BCUT2D eigenvalue weighted by molar-refractivity contribution is 0.0774. The standard InChI is InChI=1S/C17H15FN2O2/c1-20(10-11-22-16-8-6-15(18)7-9-16)17(21)14-4-2-13(12-19)3-5-14/h2-9H,10-11H2,1H3. The lowest BCUT2D eigenvalue weighted by Gasteiger charge is -2.17. The SMILES string of the molecule is CN(CCOc1ccc(F)cc1)C(=O)c1ccc(C#N)cc1. The number of nitrogens with zero attached hydrogens (tertiary/aromatic N) is 2. The fourth-order valence-electron chi connectivity index (χ4n) is 1.84. The van der Waals surface area contributed by atoms with Gasteiger partial charge in [-0.3, -0.25) is 4.79 Å². The molecule has 22 heavy (non-hydrogen) atoms. The molecule has 112 valence electrons. The van der Waals surface area contributed by atoms with E-state index in [0.29, 0.717) is 30.0 Å². The van der Waals surface area contributed by atoms with Crippen LogP contribution in [0.25, 0.3) is 0 Å². The van der Waals surface area contributed by atoms with Crippen LogP contribution in [0, 0.1) is 17.1 Å². The van der Waals surface area contributed by atoms with Crippen molar-refractivity contribution >= 4 is 5.91 Å². The molecular formula is C17H15FN2O2. The minimum atomic E-state index is -0.319. The predicted molar refractivity (Wildman–Crippen MR) is 80.0 cm³/mol. The van der Waals surface area contributed by atoms with E-state index in [4.69, 9.17) is 10.00 Å². The van der Waals surface area contributed by atoms with E-state index < -0.39 is 0 Å². The maximum absolute atomic E-state index is 12.8. The second-order valence-corrected chi connectivity index (χ2v) is 4.72. The van der Waals surface area contributed by atoms with Gasteiger partial charge in [0.15, 0.2) is 0 Å². The van der Waals surface area contributed by atoms with E-state index in [1.54, 1.807) is 31.3 Å². The summed E-state index contributed by atoms with van der Waals surface area (Å²) in [5.74, 6) is 0.0910. The summed E-state index contributed by atoms with van der Waals surface area (Å²) in [7, 11) is 1.68. The Morgan fingerprint density at radius 3 is 2.41 bits per heavy atom. The van der Waals surface area contributed by atoms with Crippen molar-refractivity contribution in [3.63, 3.8) is 0 Å². The Balaban J connectivity index is 1.85. The molecule has 0 aliphatic heterocycles. The number of amides is 1. The highest BCUT2D eigenvalue weighted by Crippen LogP contribution is 2.11. The fourth-order valence-corrected chi connectivity index (χ4v) is 1.84. The molecule has 0 aromatic heterocycles. The normalized spacial score (nSPS) is 9.86. The summed E-state index contributed by atoms with van der Waals surface area (Å²) in [5, 5.41) is 8.73. The summed E-state index contributed by atoms with van der Waals surface area (Å²) in [6.45, 7) is 0.709. The largest absolute Gasteiger partial charge is 0.492 e. The van der Waals surface area contributed by atoms with Crippen molar-refractivity contribution in [3.05, 3.63) is 65.5 Å². The van der Waals surface area contributed by atoms with Gasteiger partial charge in [0.1, 0.15) is 18.2 Å². The van der Waals surface area contributed by atoms with Gasteiger partial charge in [0.05, 0.1) is 18.2 Å². The molecule has 0 fully saturated rings. The minimum absolute atomic E-state index is 0.146. The first kappa shape index (κ1) is 15.5. The summed E-state index contributed by atoms with van der Waals surface area (Å²) in [6, 6.07) is 14.2. The third-order valence-electron chi connectivity index (χ3n) is 3.12. The number of benzene rings is 2. The maximum atomic E-state index is 12.8. The van der Waals surface area contributed by atoms with E-state index in [-0.39, 0.29) is 11.7 Å². The molecule has 0 aliphatic carbocycles. The third-order valence-corrected chi connectivity index (χ3v) is 3.12. The Morgan fingerprint density at radius 1 is 1.18 bits per heavy atom. The average molecular weight is 298 g/mol. The van der Waals surface area contributed by atoms with Crippen LogP contribution >= 0.6 is 0 Å². The van der Waals surface area contributed by atoms with Gasteiger partial charge in [-0.05, 0) is 48.5 Å². The number of halogens is 1. The molecule has 1 amide bonds. The van der Waals surface area contributed by atoms with Gasteiger partial charge >= 0.3 is 0 Å². The Kier molecular flexibility index (Phi) is 5.10. The number of hydrogen-bond acceptors (Lipinski definition) is 3. The van der Waals surface area contributed by atoms with Crippen molar-refractivity contribution in [2.75, 3.05) is 20.2 Å². The van der Waals surface area contributed by atoms with E-state index in [2.05, 4.69) is 0 Å². The van der Waals surface area contributed by atoms with Crippen molar-refractivity contribution in [1.82, 2.24) is 4.90 Å². The third kappa shape index (κ3) is 4.06. The smallest absolute Gasteiger partial charge is 0.253 e. The van der Waals surface area contributed by atoms with E-state index in [9.17, 15) is 9.18 Å². The van der Waals surface area contributed by atoms with Crippen molar-refractivity contribution in [1.29, 1.82) is 5.26 Å². The second kappa shape index (κ2) is 7.23. The highest BCUT2D eigenvalue weighted by molar-refractivity contribution is 5.94. The molecule has 0 radical (unpaired) electrons. The average Bonchev–Trinajstić information content (AvgIpc) is 2.56. The summed E-state index contributed by atoms with van der Waals surface area (Å²) in [6.07, 6.45) is 0. The van der Waals surface area contributed by atoms with Gasteiger partial charge in [0.2, 0.25) is 0 Å². The van der Waals surface area contributed by atoms with Gasteiger partial charge in [-0.2, -0.15) is 5.26 Å². The Bertz CT molecular complexity index is 675. The van der Waals surface area contributed by atoms with Gasteiger partial charge in [-0.15, -0.1) is 0 Å². The van der Waals surface area contributed by atoms with E-state index in [0.717, 1.165) is 0 Å². The van der Waals surface area contributed by atoms with Crippen molar-refractivity contribution in [3.8, 4) is 11.8 Å². The van der Waals surface area contributed by atoms with Crippen LogP contribution in [0.1, 0.15) is 15.9 Å². The quantitative estimate of drug-likeness (QED) is 0.853. The van der Waals surface area contributed by atoms with E-state index >= 15 is 0 Å². The summed E-state index contributed by atoms with van der Waals surface area (Å²) in [5.41, 5.74) is 1.03. The molecular weight excluding hydrogens is 283 g/mol. The highest BCUT2D eigenvalue weighted by atomic mass is 19.1. The number of carbonyl (C=O) groups is 1. The predicted octanol–water partition coefficient (Wildman–Crippen LogP) is 2.85. The van der Waals surface area contributed by atoms with Crippen LogP contribution in [-0.2, 0) is 0 Å². The maximum Gasteiger partial charge on any atom is 0.253 e. The molecule has 5 heteroatoms. The van der Waals surface area contributed by atoms with Gasteiger partial charge in [-0.25, -0.2) is 4.39 Å². The first-order valence-electron chi connectivity index (χ1n) is 6.74. The van der Waals surface area contributed by atoms with Crippen LogP contribution in [0.3, 0.4) is 0 Å². The van der Waals surface area contributed by atoms with Crippen LogP contribution in [0.15, 0.2) is 48.5 Å². The number of hydrogen-bond donors (Lipinski definition) is 0. The molecule has 0 aliphatic rings. The molecule has 0 saturated heterocycles. The van der Waals surface area contributed by atoms with Crippen LogP contribution in [0.4, 0.5) is 4.39 Å². The molecule has 0 N–H and O–H groups in total. The lowest BCUT2D eigenvalue weighted by Crippen LogP contribution is -2.30. The number of carbonyl (C=O) groups excluding carboxylic acids is 1. The monoisotopic (exact) mass is 298 g/mol. The van der Waals surface area contributed by atoms with E-state index in [1.807, 2.05) is 6.07 Å². The summed E-state index contributed by atoms with van der Waals surface area (Å²) >= 11 is 0. The Hall–Kier alpha value is -2.87. The van der Waals surface area contributed by atoms with Crippen LogP contribution in [0.5, 0.6) is 5.75 Å². The molecule has 0 atom stereocenters. The molecule has 2 aromatic carbocycles. The zero-order valence-corrected chi connectivity index (χ0v) is 12.1. The van der Waals surface area contributed by atoms with Crippen LogP contribution in [0.2, 0.25) is 0 Å². The van der Waals surface area contributed by atoms with Gasteiger partial charge in [-0.1, -0.05) is 0 Å². The fraction of sp³-hybridized carbons (Fsp3) is 0.176. The molecule has 2 rings (SSSR count). The Morgan fingerprint density at radius 2 is 1.82 bits per heavy atom. The lowest BCUT2D eigenvalue weighted by atomic mass is 10.1. The molecule has 0 bridgehead atoms. The molecule has 2 aromatic rings. The van der Waals surface area contributed by atoms with Crippen molar-refractivity contribution in [2.45, 2.75) is 0 Å². The highest BCUT2D eigenvalue weighted by Gasteiger charge is 2.11. The number of rotatable bonds is 5. The van der Waals surface area contributed by atoms with Gasteiger partial charge in [0, 0.05) is 12.6 Å². The molecule has 0 heterocycles. The van der Waals surface area contributed by atoms with Gasteiger partial charge < -0.3 is 9.64 Å². The first-order chi connectivity index (χ1) is 10.6. The van der Waals surface area contributed by atoms with Crippen molar-refractivity contribution in [2.24, 2.45) is 0 Å². The zero-order chi connectivity index (χ0) is 15.9. The van der Waals surface area contributed by atoms with Crippen LogP contribution < -0.4 is 4.74 Å². The summed E-state index contributed by atoms with van der Waals surface area (Å²) < 4.78 is 18.2.